The van der Waals surface area contributed by atoms with Gasteiger partial charge < -0.3 is 34.2 Å². The molecule has 194 valence electrons. The highest BCUT2D eigenvalue weighted by molar-refractivity contribution is 5.52. The van der Waals surface area contributed by atoms with E-state index in [2.05, 4.69) is 0 Å². The third-order valence-corrected chi connectivity index (χ3v) is 4.05. The lowest BCUT2D eigenvalue weighted by atomic mass is 10.3. The molecule has 0 bridgehead atoms. The molecule has 0 aliphatic carbocycles. The average molecular weight is 485 g/mol. The normalized spacial score (nSPS) is 9.41. The molecule has 0 aromatic heterocycles. The van der Waals surface area contributed by atoms with Crippen molar-refractivity contribution in [1.82, 2.24) is 0 Å². The van der Waals surface area contributed by atoms with Crippen molar-refractivity contribution >= 4 is 11.4 Å². The van der Waals surface area contributed by atoms with Crippen LogP contribution in [0, 0.1) is 10.1 Å². The number of hydrogen-bond acceptors (Lipinski definition) is 9. The molecule has 2 rings (SSSR count). The van der Waals surface area contributed by atoms with Gasteiger partial charge in [0.15, 0.2) is 23.0 Å². The van der Waals surface area contributed by atoms with Crippen LogP contribution in [0.1, 0.15) is 27.7 Å². The molecular weight excluding hydrogens is 444 g/mol. The Balaban J connectivity index is 0. The van der Waals surface area contributed by atoms with Crippen LogP contribution in [-0.2, 0) is 9.47 Å². The number of anilines is 1. The molecule has 0 aliphatic heterocycles. The smallest absolute Gasteiger partial charge is 0.273 e. The second kappa shape index (κ2) is 19.2. The van der Waals surface area contributed by atoms with E-state index in [1.807, 2.05) is 0 Å². The summed E-state index contributed by atoms with van der Waals surface area (Å²) < 4.78 is 30.9. The number of rotatable bonds is 13. The van der Waals surface area contributed by atoms with Gasteiger partial charge in [-0.3, -0.25) is 10.1 Å². The predicted octanol–water partition coefficient (Wildman–Crippen LogP) is 4.98. The van der Waals surface area contributed by atoms with Gasteiger partial charge in [-0.05, 0) is 18.2 Å². The SMILES string of the molecule is C.C.COCCCOc1cc(N)ccc1OC.COCCCOc1cc([N+](=O)[O-])ccc1OC. The molecule has 0 spiro atoms. The summed E-state index contributed by atoms with van der Waals surface area (Å²) in [7, 11) is 6.37. The van der Waals surface area contributed by atoms with Gasteiger partial charge in [-0.1, -0.05) is 14.9 Å². The lowest BCUT2D eigenvalue weighted by molar-refractivity contribution is -0.385. The molecule has 0 saturated heterocycles. The summed E-state index contributed by atoms with van der Waals surface area (Å²) in [6.45, 7) is 2.28. The topological polar surface area (TPSA) is 125 Å². The van der Waals surface area contributed by atoms with Gasteiger partial charge in [0.2, 0.25) is 0 Å². The second-order valence-corrected chi connectivity index (χ2v) is 6.39. The van der Waals surface area contributed by atoms with Crippen LogP contribution in [-0.4, -0.2) is 59.8 Å². The molecule has 0 amide bonds. The van der Waals surface area contributed by atoms with Crippen LogP contribution in [0.15, 0.2) is 36.4 Å². The van der Waals surface area contributed by atoms with Gasteiger partial charge >= 0.3 is 0 Å². The van der Waals surface area contributed by atoms with Crippen LogP contribution >= 0.6 is 0 Å². The van der Waals surface area contributed by atoms with Gasteiger partial charge in [-0.25, -0.2) is 0 Å². The van der Waals surface area contributed by atoms with Crippen LogP contribution in [0.5, 0.6) is 23.0 Å². The zero-order valence-electron chi connectivity index (χ0n) is 19.0. The Morgan fingerprint density at radius 2 is 1.21 bits per heavy atom. The second-order valence-electron chi connectivity index (χ2n) is 6.39. The molecule has 2 N–H and O–H groups in total. The molecule has 0 saturated carbocycles. The molecule has 0 atom stereocenters. The number of nitro benzene ring substituents is 1. The zero-order valence-corrected chi connectivity index (χ0v) is 19.0. The average Bonchev–Trinajstić information content (AvgIpc) is 2.80. The Morgan fingerprint density at radius 1 is 0.735 bits per heavy atom. The van der Waals surface area contributed by atoms with E-state index in [4.69, 9.17) is 34.2 Å². The van der Waals surface area contributed by atoms with E-state index in [0.29, 0.717) is 61.5 Å². The lowest BCUT2D eigenvalue weighted by Gasteiger charge is -2.10. The number of nitrogens with zero attached hydrogens (tertiary/aromatic N) is 1. The summed E-state index contributed by atoms with van der Waals surface area (Å²) in [6.07, 6.45) is 1.55. The number of nitrogens with two attached hydrogens (primary N) is 1. The van der Waals surface area contributed by atoms with Gasteiger partial charge in [-0.15, -0.1) is 0 Å². The van der Waals surface area contributed by atoms with Crippen molar-refractivity contribution in [2.45, 2.75) is 27.7 Å². The minimum atomic E-state index is -0.471. The fourth-order valence-electron chi connectivity index (χ4n) is 2.47. The summed E-state index contributed by atoms with van der Waals surface area (Å²) in [5.41, 5.74) is 6.30. The van der Waals surface area contributed by atoms with Crippen LogP contribution < -0.4 is 24.7 Å². The molecule has 10 heteroatoms. The van der Waals surface area contributed by atoms with Crippen LogP contribution in [0.2, 0.25) is 0 Å². The summed E-state index contributed by atoms with van der Waals surface area (Å²) in [4.78, 5) is 10.1. The fourth-order valence-corrected chi connectivity index (χ4v) is 2.47. The van der Waals surface area contributed by atoms with Crippen molar-refractivity contribution < 1.29 is 33.3 Å². The quantitative estimate of drug-likeness (QED) is 0.181. The van der Waals surface area contributed by atoms with Gasteiger partial charge in [0.05, 0.1) is 38.4 Å². The molecule has 10 nitrogen and oxygen atoms in total. The van der Waals surface area contributed by atoms with E-state index in [0.717, 1.165) is 6.42 Å². The summed E-state index contributed by atoms with van der Waals surface area (Å²) in [5, 5.41) is 10.6. The Labute approximate surface area is 203 Å². The van der Waals surface area contributed by atoms with Crippen LogP contribution in [0.25, 0.3) is 0 Å². The number of benzene rings is 2. The van der Waals surface area contributed by atoms with E-state index in [9.17, 15) is 10.1 Å². The number of nitrogen functional groups attached to an aromatic ring is 1. The van der Waals surface area contributed by atoms with E-state index < -0.39 is 4.92 Å². The van der Waals surface area contributed by atoms with Crippen molar-refractivity contribution in [2.24, 2.45) is 0 Å². The van der Waals surface area contributed by atoms with E-state index in [-0.39, 0.29) is 20.5 Å². The lowest BCUT2D eigenvalue weighted by Crippen LogP contribution is -2.03. The van der Waals surface area contributed by atoms with E-state index >= 15 is 0 Å². The predicted molar refractivity (Wildman–Crippen MR) is 134 cm³/mol. The third-order valence-electron chi connectivity index (χ3n) is 4.05. The van der Waals surface area contributed by atoms with Gasteiger partial charge in [0, 0.05) is 58.1 Å². The Bertz CT molecular complexity index is 818. The maximum Gasteiger partial charge on any atom is 0.273 e. The summed E-state index contributed by atoms with van der Waals surface area (Å²) >= 11 is 0. The molecule has 0 aliphatic rings. The highest BCUT2D eigenvalue weighted by Gasteiger charge is 2.12. The summed E-state index contributed by atoms with van der Waals surface area (Å²) in [6, 6.07) is 9.57. The van der Waals surface area contributed by atoms with Crippen molar-refractivity contribution in [3.05, 3.63) is 46.5 Å². The minimum Gasteiger partial charge on any atom is -0.493 e. The Kier molecular flexibility index (Phi) is 18.6. The molecule has 0 radical (unpaired) electrons. The first-order chi connectivity index (χ1) is 15.5. The maximum absolute atomic E-state index is 10.6. The maximum atomic E-state index is 10.6. The van der Waals surface area contributed by atoms with Gasteiger partial charge in [0.1, 0.15) is 0 Å². The molecular formula is C24H40N2O8. The fraction of sp³-hybridized carbons (Fsp3) is 0.500. The van der Waals surface area contributed by atoms with Crippen LogP contribution in [0.3, 0.4) is 0 Å². The standard InChI is InChI=1S/C11H15NO5.C11H17NO3.2CH4/c1-15-6-3-7-17-11-8-9(12(13)14)4-5-10(11)16-2;1-13-6-3-7-15-11-8-9(12)4-5-10(11)14-2;;/h4-5,8H,3,6-7H2,1-2H3;4-5,8H,3,6-7,12H2,1-2H3;2*1H4. The molecule has 0 unspecified atom stereocenters. The molecule has 0 fully saturated rings. The third kappa shape index (κ3) is 12.1. The number of ether oxygens (including phenoxy) is 6. The molecule has 34 heavy (non-hydrogen) atoms. The first-order valence-corrected chi connectivity index (χ1v) is 9.96. The van der Waals surface area contributed by atoms with Crippen molar-refractivity contribution in [2.75, 3.05) is 60.6 Å². The Morgan fingerprint density at radius 3 is 1.65 bits per heavy atom. The monoisotopic (exact) mass is 484 g/mol. The van der Waals surface area contributed by atoms with Crippen molar-refractivity contribution in [3.63, 3.8) is 0 Å². The van der Waals surface area contributed by atoms with E-state index in [1.54, 1.807) is 39.5 Å². The van der Waals surface area contributed by atoms with E-state index in [1.165, 1.54) is 25.3 Å². The number of non-ortho nitro benzene ring substituents is 1. The first-order valence-electron chi connectivity index (χ1n) is 9.96. The van der Waals surface area contributed by atoms with Crippen molar-refractivity contribution in [1.29, 1.82) is 0 Å². The van der Waals surface area contributed by atoms with Gasteiger partial charge in [0.25, 0.3) is 5.69 Å². The highest BCUT2D eigenvalue weighted by atomic mass is 16.6. The summed E-state index contributed by atoms with van der Waals surface area (Å²) in [5.74, 6) is 2.22. The minimum absolute atomic E-state index is 0. The largest absolute Gasteiger partial charge is 0.493 e. The van der Waals surface area contributed by atoms with Crippen molar-refractivity contribution in [3.8, 4) is 23.0 Å². The molecule has 0 heterocycles. The molecule has 2 aromatic rings. The molecule has 2 aromatic carbocycles. The zero-order chi connectivity index (χ0) is 23.8. The highest BCUT2D eigenvalue weighted by Crippen LogP contribution is 2.31. The number of nitro groups is 1. The van der Waals surface area contributed by atoms with Gasteiger partial charge in [-0.2, -0.15) is 0 Å². The van der Waals surface area contributed by atoms with Crippen LogP contribution in [0.4, 0.5) is 11.4 Å². The number of methoxy groups -OCH3 is 4. The number of hydrogen-bond donors (Lipinski definition) is 1. The Hall–Kier alpha value is -3.24. The first kappa shape index (κ1) is 32.9.